The number of anilines is 2. The van der Waals surface area contributed by atoms with Gasteiger partial charge in [0.15, 0.2) is 5.13 Å². The number of amides is 2. The highest BCUT2D eigenvalue weighted by Crippen LogP contribution is 2.25. The largest absolute Gasteiger partial charge is 0.396 e. The average Bonchev–Trinajstić information content (AvgIpc) is 2.88. The molecule has 0 spiro atoms. The van der Waals surface area contributed by atoms with Gasteiger partial charge in [0.25, 0.3) is 0 Å². The molecule has 0 bridgehead atoms. The summed E-state index contributed by atoms with van der Waals surface area (Å²) < 4.78 is 0.951. The quantitative estimate of drug-likeness (QED) is 0.818. The number of hydrogen-bond acceptors (Lipinski definition) is 4. The summed E-state index contributed by atoms with van der Waals surface area (Å²) in [6.07, 6.45) is 0.492. The van der Waals surface area contributed by atoms with E-state index >= 15 is 0 Å². The minimum atomic E-state index is -0.252. The van der Waals surface area contributed by atoms with Gasteiger partial charge in [-0.25, -0.2) is 9.78 Å². The monoisotopic (exact) mass is 383 g/mol. The van der Waals surface area contributed by atoms with Crippen LogP contribution >= 0.6 is 27.3 Å². The standard InChI is InChI=1S/C15H18BrN3O2S/c1-10-9-22-15(17-10)19(11(2)7-8-20)14(21)18-13-5-3-12(16)4-6-13/h3-6,9,11,20H,7-8H2,1-2H3,(H,18,21). The second kappa shape index (κ2) is 7.71. The fourth-order valence-electron chi connectivity index (χ4n) is 1.96. The highest BCUT2D eigenvalue weighted by Gasteiger charge is 2.24. The number of thiazole rings is 1. The number of hydrogen-bond donors (Lipinski definition) is 2. The van der Waals surface area contributed by atoms with Crippen LogP contribution in [0.4, 0.5) is 15.6 Å². The lowest BCUT2D eigenvalue weighted by atomic mass is 10.2. The van der Waals surface area contributed by atoms with E-state index in [1.165, 1.54) is 11.3 Å². The van der Waals surface area contributed by atoms with Gasteiger partial charge in [-0.05, 0) is 44.5 Å². The second-order valence-corrected chi connectivity index (χ2v) is 6.69. The van der Waals surface area contributed by atoms with Crippen molar-refractivity contribution in [2.45, 2.75) is 26.3 Å². The maximum Gasteiger partial charge on any atom is 0.328 e. The second-order valence-electron chi connectivity index (χ2n) is 4.94. The van der Waals surface area contributed by atoms with Crippen molar-refractivity contribution in [3.8, 4) is 0 Å². The number of halogens is 1. The van der Waals surface area contributed by atoms with E-state index < -0.39 is 0 Å². The summed E-state index contributed by atoms with van der Waals surface area (Å²) in [5.41, 5.74) is 1.58. The van der Waals surface area contributed by atoms with Crippen molar-refractivity contribution in [2.24, 2.45) is 0 Å². The van der Waals surface area contributed by atoms with Crippen molar-refractivity contribution in [2.75, 3.05) is 16.8 Å². The van der Waals surface area contributed by atoms with E-state index in [0.29, 0.717) is 17.2 Å². The Morgan fingerprint density at radius 3 is 2.68 bits per heavy atom. The number of nitrogens with one attached hydrogen (secondary N) is 1. The summed E-state index contributed by atoms with van der Waals surface area (Å²) in [4.78, 5) is 18.6. The molecule has 118 valence electrons. The van der Waals surface area contributed by atoms with E-state index in [9.17, 15) is 4.79 Å². The molecule has 1 atom stereocenters. The number of carbonyl (C=O) groups excluding carboxylic acids is 1. The molecule has 0 aliphatic rings. The molecule has 1 heterocycles. The molecule has 2 amide bonds. The number of benzene rings is 1. The summed E-state index contributed by atoms with van der Waals surface area (Å²) in [6, 6.07) is 6.98. The van der Waals surface area contributed by atoms with Gasteiger partial charge in [0.1, 0.15) is 0 Å². The van der Waals surface area contributed by atoms with E-state index in [1.807, 2.05) is 43.5 Å². The summed E-state index contributed by atoms with van der Waals surface area (Å²) in [7, 11) is 0. The number of urea groups is 1. The van der Waals surface area contributed by atoms with Gasteiger partial charge in [0.05, 0.1) is 5.69 Å². The Bertz CT molecular complexity index is 630. The highest BCUT2D eigenvalue weighted by molar-refractivity contribution is 9.10. The maximum absolute atomic E-state index is 12.6. The molecule has 1 aromatic carbocycles. The molecule has 1 unspecified atom stereocenters. The summed E-state index contributed by atoms with van der Waals surface area (Å²) in [6.45, 7) is 3.81. The first-order chi connectivity index (χ1) is 10.5. The Morgan fingerprint density at radius 2 is 2.14 bits per heavy atom. The molecule has 2 N–H and O–H groups in total. The number of carbonyl (C=O) groups is 1. The predicted octanol–water partition coefficient (Wildman–Crippen LogP) is 4.02. The van der Waals surface area contributed by atoms with Crippen molar-refractivity contribution in [1.29, 1.82) is 0 Å². The molecule has 7 heteroatoms. The van der Waals surface area contributed by atoms with Crippen molar-refractivity contribution in [1.82, 2.24) is 4.98 Å². The molecular formula is C15H18BrN3O2S. The minimum absolute atomic E-state index is 0.0214. The Hall–Kier alpha value is -1.44. The van der Waals surface area contributed by atoms with Crippen LogP contribution < -0.4 is 10.2 Å². The summed E-state index contributed by atoms with van der Waals surface area (Å²) in [5.74, 6) is 0. The smallest absolute Gasteiger partial charge is 0.328 e. The Labute approximate surface area is 142 Å². The first-order valence-electron chi connectivity index (χ1n) is 6.90. The zero-order valence-corrected chi connectivity index (χ0v) is 14.8. The fraction of sp³-hybridized carbons (Fsp3) is 0.333. The van der Waals surface area contributed by atoms with Gasteiger partial charge in [0.2, 0.25) is 0 Å². The predicted molar refractivity (Wildman–Crippen MR) is 93.7 cm³/mol. The van der Waals surface area contributed by atoms with Crippen LogP contribution in [0.3, 0.4) is 0 Å². The van der Waals surface area contributed by atoms with E-state index in [4.69, 9.17) is 5.11 Å². The molecule has 2 aromatic rings. The molecule has 0 aliphatic carbocycles. The third-order valence-corrected chi connectivity index (χ3v) is 4.60. The molecule has 1 aromatic heterocycles. The topological polar surface area (TPSA) is 65.5 Å². The SMILES string of the molecule is Cc1csc(N(C(=O)Nc2ccc(Br)cc2)C(C)CCO)n1. The van der Waals surface area contributed by atoms with Crippen LogP contribution in [-0.2, 0) is 0 Å². The summed E-state index contributed by atoms with van der Waals surface area (Å²) in [5, 5.41) is 14.6. The highest BCUT2D eigenvalue weighted by atomic mass is 79.9. The van der Waals surface area contributed by atoms with Gasteiger partial charge in [0, 0.05) is 28.2 Å². The summed E-state index contributed by atoms with van der Waals surface area (Å²) >= 11 is 4.78. The maximum atomic E-state index is 12.6. The van der Waals surface area contributed by atoms with Crippen molar-refractivity contribution >= 4 is 44.1 Å². The zero-order chi connectivity index (χ0) is 16.1. The normalized spacial score (nSPS) is 12.0. The van der Waals surface area contributed by atoms with E-state index in [2.05, 4.69) is 26.2 Å². The number of aromatic nitrogens is 1. The van der Waals surface area contributed by atoms with Gasteiger partial charge < -0.3 is 10.4 Å². The minimum Gasteiger partial charge on any atom is -0.396 e. The van der Waals surface area contributed by atoms with Gasteiger partial charge in [-0.2, -0.15) is 0 Å². The van der Waals surface area contributed by atoms with Crippen LogP contribution in [0.15, 0.2) is 34.1 Å². The number of aliphatic hydroxyl groups is 1. The molecular weight excluding hydrogens is 366 g/mol. The number of rotatable bonds is 5. The van der Waals surface area contributed by atoms with Gasteiger partial charge in [-0.15, -0.1) is 11.3 Å². The molecule has 0 fully saturated rings. The van der Waals surface area contributed by atoms with Crippen LogP contribution in [0, 0.1) is 6.92 Å². The van der Waals surface area contributed by atoms with Crippen LogP contribution in [0.5, 0.6) is 0 Å². The molecule has 0 saturated heterocycles. The molecule has 0 radical (unpaired) electrons. The zero-order valence-electron chi connectivity index (χ0n) is 12.4. The van der Waals surface area contributed by atoms with Crippen LogP contribution in [0.2, 0.25) is 0 Å². The lowest BCUT2D eigenvalue weighted by molar-refractivity contribution is 0.249. The third kappa shape index (κ3) is 4.28. The van der Waals surface area contributed by atoms with Crippen molar-refractivity contribution in [3.05, 3.63) is 39.8 Å². The van der Waals surface area contributed by atoms with Gasteiger partial charge >= 0.3 is 6.03 Å². The van der Waals surface area contributed by atoms with Crippen molar-refractivity contribution in [3.63, 3.8) is 0 Å². The fourth-order valence-corrected chi connectivity index (χ4v) is 3.13. The number of aryl methyl sites for hydroxylation is 1. The lowest BCUT2D eigenvalue weighted by Gasteiger charge is -2.26. The van der Waals surface area contributed by atoms with Crippen LogP contribution in [0.1, 0.15) is 19.0 Å². The van der Waals surface area contributed by atoms with Gasteiger partial charge in [-0.3, -0.25) is 4.90 Å². The van der Waals surface area contributed by atoms with E-state index in [0.717, 1.165) is 10.2 Å². The lowest BCUT2D eigenvalue weighted by Crippen LogP contribution is -2.42. The van der Waals surface area contributed by atoms with Crippen LogP contribution in [0.25, 0.3) is 0 Å². The third-order valence-electron chi connectivity index (χ3n) is 3.11. The Morgan fingerprint density at radius 1 is 1.45 bits per heavy atom. The van der Waals surface area contributed by atoms with Gasteiger partial charge in [-0.1, -0.05) is 15.9 Å². The van der Waals surface area contributed by atoms with E-state index in [-0.39, 0.29) is 18.7 Å². The first kappa shape index (κ1) is 16.9. The van der Waals surface area contributed by atoms with Crippen molar-refractivity contribution < 1.29 is 9.90 Å². The molecule has 0 aliphatic heterocycles. The Kier molecular flexibility index (Phi) is 5.93. The van der Waals surface area contributed by atoms with E-state index in [1.54, 1.807) is 4.90 Å². The molecule has 22 heavy (non-hydrogen) atoms. The number of nitrogens with zero attached hydrogens (tertiary/aromatic N) is 2. The molecule has 2 rings (SSSR count). The molecule has 5 nitrogen and oxygen atoms in total. The first-order valence-corrected chi connectivity index (χ1v) is 8.57. The molecule has 0 saturated carbocycles. The average molecular weight is 384 g/mol. The Balaban J connectivity index is 2.20. The number of aliphatic hydroxyl groups excluding tert-OH is 1. The van der Waals surface area contributed by atoms with Crippen LogP contribution in [-0.4, -0.2) is 28.8 Å².